The molecule has 0 heterocycles. The number of fused-ring (bicyclic) bond motifs is 3. The highest BCUT2D eigenvalue weighted by Crippen LogP contribution is 2.43. The highest BCUT2D eigenvalue weighted by Gasteiger charge is 2.35. The molecular weight excluding hydrogens is 115 g/mol. The van der Waals surface area contributed by atoms with Crippen LogP contribution < -0.4 is 0 Å². The molecule has 9 heavy (non-hydrogen) atoms. The van der Waals surface area contributed by atoms with Crippen molar-refractivity contribution in [3.05, 3.63) is 5.92 Å². The second-order valence-corrected chi connectivity index (χ2v) is 3.31. The van der Waals surface area contributed by atoms with E-state index in [0.29, 0.717) is 5.92 Å². The summed E-state index contributed by atoms with van der Waals surface area (Å²) >= 11 is 0. The summed E-state index contributed by atoms with van der Waals surface area (Å²) in [5.41, 5.74) is 0. The first-order valence-corrected chi connectivity index (χ1v) is 3.84. The predicted octanol–water partition coefficient (Wildman–Crippen LogP) is 2.49. The lowest BCUT2D eigenvalue weighted by atomic mass is 9.70. The van der Waals surface area contributed by atoms with Gasteiger partial charge in [0.2, 0.25) is 0 Å². The summed E-state index contributed by atoms with van der Waals surface area (Å²) in [5, 5.41) is 0. The smallest absolute Gasteiger partial charge is 0.103 e. The van der Waals surface area contributed by atoms with Gasteiger partial charge in [-0.3, -0.25) is 0 Å². The zero-order valence-corrected chi connectivity index (χ0v) is 5.57. The average molecular weight is 127 g/mol. The Labute approximate surface area is 55.4 Å². The van der Waals surface area contributed by atoms with Crippen LogP contribution in [0.4, 0.5) is 4.39 Å². The molecule has 1 unspecified atom stereocenters. The molecule has 0 nitrogen and oxygen atoms in total. The van der Waals surface area contributed by atoms with E-state index in [0.717, 1.165) is 19.3 Å². The zero-order chi connectivity index (χ0) is 6.27. The average Bonchev–Trinajstić information content (AvgIpc) is 1.90. The van der Waals surface area contributed by atoms with Crippen molar-refractivity contribution in [1.29, 1.82) is 0 Å². The predicted molar refractivity (Wildman–Crippen MR) is 34.7 cm³/mol. The first-order chi connectivity index (χ1) is 4.36. The van der Waals surface area contributed by atoms with Gasteiger partial charge in [-0.05, 0) is 43.9 Å². The molecule has 1 heteroatoms. The van der Waals surface area contributed by atoms with E-state index in [-0.39, 0.29) is 0 Å². The maximum Gasteiger partial charge on any atom is 0.103 e. The molecule has 0 spiro atoms. The minimum absolute atomic E-state index is 0.433. The molecule has 51 valence electrons. The van der Waals surface area contributed by atoms with E-state index in [1.54, 1.807) is 0 Å². The largest absolute Gasteiger partial charge is 0.247 e. The summed E-state index contributed by atoms with van der Waals surface area (Å²) in [6.45, 7) is 0. The first kappa shape index (κ1) is 5.70. The zero-order valence-electron chi connectivity index (χ0n) is 5.57. The van der Waals surface area contributed by atoms with Crippen molar-refractivity contribution < 1.29 is 4.39 Å². The van der Waals surface area contributed by atoms with E-state index in [9.17, 15) is 4.39 Å². The van der Waals surface area contributed by atoms with E-state index in [2.05, 4.69) is 0 Å². The van der Waals surface area contributed by atoms with Gasteiger partial charge in [-0.2, -0.15) is 0 Å². The molecule has 0 N–H and O–H groups in total. The molecule has 0 aromatic carbocycles. The summed E-state index contributed by atoms with van der Waals surface area (Å²) in [5.74, 6) is 1.92. The summed E-state index contributed by atoms with van der Waals surface area (Å²) in [6, 6.07) is 0. The lowest BCUT2D eigenvalue weighted by molar-refractivity contribution is 0.130. The fourth-order valence-corrected chi connectivity index (χ4v) is 2.06. The van der Waals surface area contributed by atoms with Crippen molar-refractivity contribution in [2.75, 3.05) is 0 Å². The van der Waals surface area contributed by atoms with Gasteiger partial charge in [0.15, 0.2) is 0 Å². The van der Waals surface area contributed by atoms with E-state index >= 15 is 0 Å². The van der Waals surface area contributed by atoms with Crippen LogP contribution in [-0.4, -0.2) is 6.17 Å². The molecule has 3 fully saturated rings. The quantitative estimate of drug-likeness (QED) is 0.469. The number of alkyl halides is 1. The molecule has 3 saturated carbocycles. The third kappa shape index (κ3) is 0.867. The van der Waals surface area contributed by atoms with Crippen LogP contribution in [0.25, 0.3) is 0 Å². The molecule has 3 aliphatic carbocycles. The van der Waals surface area contributed by atoms with Crippen molar-refractivity contribution in [3.63, 3.8) is 0 Å². The van der Waals surface area contributed by atoms with Crippen molar-refractivity contribution in [2.24, 2.45) is 5.92 Å². The second-order valence-electron chi connectivity index (χ2n) is 3.31. The molecule has 0 aliphatic heterocycles. The molecule has 0 aromatic rings. The fraction of sp³-hybridized carbons (Fsp3) is 0.875. The van der Waals surface area contributed by atoms with Gasteiger partial charge in [-0.1, -0.05) is 0 Å². The Morgan fingerprint density at radius 3 is 2.11 bits per heavy atom. The lowest BCUT2D eigenvalue weighted by Crippen LogP contribution is -2.30. The van der Waals surface area contributed by atoms with Crippen LogP contribution in [0.15, 0.2) is 0 Å². The molecule has 0 saturated heterocycles. The van der Waals surface area contributed by atoms with Crippen LogP contribution in [0.3, 0.4) is 0 Å². The van der Waals surface area contributed by atoms with Gasteiger partial charge in [0.05, 0.1) is 0 Å². The van der Waals surface area contributed by atoms with Crippen LogP contribution >= 0.6 is 0 Å². The Kier molecular flexibility index (Phi) is 1.24. The van der Waals surface area contributed by atoms with Gasteiger partial charge < -0.3 is 0 Å². The highest BCUT2D eigenvalue weighted by atomic mass is 19.1. The van der Waals surface area contributed by atoms with Gasteiger partial charge in [-0.25, -0.2) is 4.39 Å². The van der Waals surface area contributed by atoms with Gasteiger partial charge in [0.25, 0.3) is 0 Å². The Morgan fingerprint density at radius 2 is 1.89 bits per heavy atom. The van der Waals surface area contributed by atoms with Crippen molar-refractivity contribution >= 4 is 0 Å². The Bertz CT molecular complexity index is 103. The molecule has 3 aliphatic rings. The van der Waals surface area contributed by atoms with Crippen LogP contribution in [0.2, 0.25) is 0 Å². The summed E-state index contributed by atoms with van der Waals surface area (Å²) in [6.07, 6.45) is 5.05. The van der Waals surface area contributed by atoms with E-state index < -0.39 is 6.17 Å². The van der Waals surface area contributed by atoms with E-state index in [1.807, 2.05) is 0 Å². The molecule has 1 atom stereocenters. The first-order valence-electron chi connectivity index (χ1n) is 3.84. The van der Waals surface area contributed by atoms with Gasteiger partial charge in [0, 0.05) is 0 Å². The van der Waals surface area contributed by atoms with Crippen LogP contribution in [-0.2, 0) is 0 Å². The molecule has 0 aromatic heterocycles. The number of hydrogen-bond donors (Lipinski definition) is 0. The minimum atomic E-state index is -0.470. The second kappa shape index (κ2) is 1.96. The van der Waals surface area contributed by atoms with Crippen LogP contribution in [0.5, 0.6) is 0 Å². The molecular formula is C8H12F. The molecule has 0 amide bonds. The topological polar surface area (TPSA) is 0 Å². The van der Waals surface area contributed by atoms with Crippen LogP contribution in [0.1, 0.15) is 32.1 Å². The fourth-order valence-electron chi connectivity index (χ4n) is 2.06. The van der Waals surface area contributed by atoms with Crippen molar-refractivity contribution in [2.45, 2.75) is 38.3 Å². The Morgan fingerprint density at radius 1 is 1.22 bits per heavy atom. The van der Waals surface area contributed by atoms with Crippen molar-refractivity contribution in [3.8, 4) is 0 Å². The summed E-state index contributed by atoms with van der Waals surface area (Å²) in [4.78, 5) is 0. The SMILES string of the molecule is FC1C[C]2CCC1CC2. The maximum absolute atomic E-state index is 12.9. The minimum Gasteiger partial charge on any atom is -0.247 e. The van der Waals surface area contributed by atoms with Crippen molar-refractivity contribution in [1.82, 2.24) is 0 Å². The summed E-state index contributed by atoms with van der Waals surface area (Å²) in [7, 11) is 0. The van der Waals surface area contributed by atoms with Gasteiger partial charge in [-0.15, -0.1) is 0 Å². The van der Waals surface area contributed by atoms with E-state index in [4.69, 9.17) is 0 Å². The standard InChI is InChI=1S/C8H12F/c9-8-5-6-1-3-7(8)4-2-6/h7-8H,1-5H2. The normalized spacial score (nSPS) is 43.7. The Hall–Kier alpha value is -0.0700. The van der Waals surface area contributed by atoms with E-state index in [1.165, 1.54) is 18.8 Å². The highest BCUT2D eigenvalue weighted by molar-refractivity contribution is 5.03. The molecule has 1 radical (unpaired) electrons. The third-order valence-corrected chi connectivity index (χ3v) is 2.73. The number of rotatable bonds is 0. The monoisotopic (exact) mass is 127 g/mol. The Balaban J connectivity index is 2.06. The van der Waals surface area contributed by atoms with Gasteiger partial charge >= 0.3 is 0 Å². The molecule has 3 rings (SSSR count). The number of hydrogen-bond acceptors (Lipinski definition) is 0. The maximum atomic E-state index is 12.9. The number of halogens is 1. The lowest BCUT2D eigenvalue weighted by Gasteiger charge is -2.37. The van der Waals surface area contributed by atoms with Gasteiger partial charge in [0.1, 0.15) is 6.17 Å². The molecule has 2 bridgehead atoms. The van der Waals surface area contributed by atoms with Crippen LogP contribution in [0, 0.1) is 11.8 Å². The third-order valence-electron chi connectivity index (χ3n) is 2.73. The summed E-state index contributed by atoms with van der Waals surface area (Å²) < 4.78 is 12.9.